The Morgan fingerprint density at radius 2 is 1.76 bits per heavy atom. The Balaban J connectivity index is 1.65. The van der Waals surface area contributed by atoms with Crippen LogP contribution in [-0.2, 0) is 9.53 Å². The quantitative estimate of drug-likeness (QED) is 0.725. The zero-order chi connectivity index (χ0) is 12.1. The van der Waals surface area contributed by atoms with Crippen molar-refractivity contribution in [2.24, 2.45) is 5.84 Å². The number of carbonyl (C=O) groups is 1. The maximum atomic E-state index is 11.9. The van der Waals surface area contributed by atoms with Crippen LogP contribution in [-0.4, -0.2) is 54.7 Å². The van der Waals surface area contributed by atoms with E-state index in [2.05, 4.69) is 0 Å². The van der Waals surface area contributed by atoms with Gasteiger partial charge in [-0.25, -0.2) is 5.01 Å². The highest BCUT2D eigenvalue weighted by atomic mass is 16.5. The van der Waals surface area contributed by atoms with Crippen LogP contribution in [0.4, 0.5) is 0 Å². The van der Waals surface area contributed by atoms with Gasteiger partial charge in [0, 0.05) is 26.2 Å². The Hall–Kier alpha value is -0.650. The Labute approximate surface area is 103 Å². The number of hydrogen-bond donors (Lipinski definition) is 1. The molecule has 98 valence electrons. The summed E-state index contributed by atoms with van der Waals surface area (Å²) in [7, 11) is 0. The molecule has 2 rings (SSSR count). The van der Waals surface area contributed by atoms with E-state index in [0.717, 1.165) is 51.9 Å². The van der Waals surface area contributed by atoms with E-state index in [-0.39, 0.29) is 18.6 Å². The standard InChI is InChI=1S/C12H23N3O2/c13-15-8-4-11(5-9-15)17-10-12(16)14-6-2-1-3-7-14/h11H,1-10,13H2. The highest BCUT2D eigenvalue weighted by Crippen LogP contribution is 2.13. The van der Waals surface area contributed by atoms with Crippen molar-refractivity contribution in [2.75, 3.05) is 32.8 Å². The molecule has 2 N–H and O–H groups in total. The lowest BCUT2D eigenvalue weighted by atomic mass is 10.1. The van der Waals surface area contributed by atoms with Crippen molar-refractivity contribution in [3.05, 3.63) is 0 Å². The van der Waals surface area contributed by atoms with Crippen LogP contribution in [0.1, 0.15) is 32.1 Å². The second-order valence-electron chi connectivity index (χ2n) is 4.99. The average Bonchev–Trinajstić information content (AvgIpc) is 2.39. The Kier molecular flexibility index (Phi) is 4.76. The first-order chi connectivity index (χ1) is 8.25. The molecular weight excluding hydrogens is 218 g/mol. The fourth-order valence-electron chi connectivity index (χ4n) is 2.47. The van der Waals surface area contributed by atoms with Gasteiger partial charge in [0.05, 0.1) is 6.10 Å². The minimum atomic E-state index is 0.153. The van der Waals surface area contributed by atoms with E-state index in [4.69, 9.17) is 10.6 Å². The summed E-state index contributed by atoms with van der Waals surface area (Å²) < 4.78 is 5.67. The number of amides is 1. The highest BCUT2D eigenvalue weighted by Gasteiger charge is 2.21. The smallest absolute Gasteiger partial charge is 0.248 e. The van der Waals surface area contributed by atoms with Crippen LogP contribution in [0.25, 0.3) is 0 Å². The first-order valence-electron chi connectivity index (χ1n) is 6.65. The summed E-state index contributed by atoms with van der Waals surface area (Å²) in [5.74, 6) is 5.83. The van der Waals surface area contributed by atoms with Crippen LogP contribution in [0.2, 0.25) is 0 Å². The first-order valence-corrected chi connectivity index (χ1v) is 6.65. The number of hydrogen-bond acceptors (Lipinski definition) is 4. The molecule has 5 heteroatoms. The molecule has 0 aromatic heterocycles. The minimum Gasteiger partial charge on any atom is -0.368 e. The Bertz CT molecular complexity index is 246. The third kappa shape index (κ3) is 3.94. The summed E-state index contributed by atoms with van der Waals surface area (Å²) in [6.45, 7) is 3.78. The molecule has 0 aliphatic carbocycles. The van der Waals surface area contributed by atoms with Crippen molar-refractivity contribution in [3.63, 3.8) is 0 Å². The number of rotatable bonds is 3. The van der Waals surface area contributed by atoms with E-state index < -0.39 is 0 Å². The Morgan fingerprint density at radius 1 is 1.12 bits per heavy atom. The summed E-state index contributed by atoms with van der Waals surface area (Å²) in [6.07, 6.45) is 5.60. The van der Waals surface area contributed by atoms with Gasteiger partial charge in [0.15, 0.2) is 0 Å². The van der Waals surface area contributed by atoms with Crippen LogP contribution in [0.15, 0.2) is 0 Å². The monoisotopic (exact) mass is 241 g/mol. The molecule has 2 aliphatic rings. The third-order valence-electron chi connectivity index (χ3n) is 3.63. The van der Waals surface area contributed by atoms with Crippen molar-refractivity contribution in [1.29, 1.82) is 0 Å². The number of ether oxygens (including phenoxy) is 1. The maximum absolute atomic E-state index is 11.9. The number of nitrogens with two attached hydrogens (primary N) is 1. The van der Waals surface area contributed by atoms with Gasteiger partial charge in [-0.3, -0.25) is 10.6 Å². The molecule has 2 aliphatic heterocycles. The summed E-state index contributed by atoms with van der Waals surface area (Å²) >= 11 is 0. The molecule has 2 saturated heterocycles. The second-order valence-corrected chi connectivity index (χ2v) is 4.99. The number of nitrogens with zero attached hydrogens (tertiary/aromatic N) is 2. The van der Waals surface area contributed by atoms with E-state index >= 15 is 0 Å². The fraction of sp³-hybridized carbons (Fsp3) is 0.917. The lowest BCUT2D eigenvalue weighted by Crippen LogP contribution is -2.43. The van der Waals surface area contributed by atoms with Gasteiger partial charge in [-0.2, -0.15) is 0 Å². The lowest BCUT2D eigenvalue weighted by molar-refractivity contribution is -0.140. The van der Waals surface area contributed by atoms with Gasteiger partial charge in [-0.1, -0.05) is 0 Å². The third-order valence-corrected chi connectivity index (χ3v) is 3.63. The molecule has 1 amide bonds. The van der Waals surface area contributed by atoms with Crippen molar-refractivity contribution in [3.8, 4) is 0 Å². The number of hydrazine groups is 1. The minimum absolute atomic E-state index is 0.153. The van der Waals surface area contributed by atoms with E-state index in [0.29, 0.717) is 0 Å². The molecule has 17 heavy (non-hydrogen) atoms. The van der Waals surface area contributed by atoms with E-state index in [1.165, 1.54) is 6.42 Å². The van der Waals surface area contributed by atoms with Crippen LogP contribution in [0.3, 0.4) is 0 Å². The SMILES string of the molecule is NN1CCC(OCC(=O)N2CCCCC2)CC1. The summed E-state index contributed by atoms with van der Waals surface area (Å²) in [5.41, 5.74) is 0. The summed E-state index contributed by atoms with van der Waals surface area (Å²) in [5, 5.41) is 1.81. The molecule has 0 spiro atoms. The molecule has 0 unspecified atom stereocenters. The topological polar surface area (TPSA) is 58.8 Å². The molecule has 0 saturated carbocycles. The van der Waals surface area contributed by atoms with Gasteiger partial charge in [0.1, 0.15) is 6.61 Å². The predicted molar refractivity (Wildman–Crippen MR) is 65.2 cm³/mol. The van der Waals surface area contributed by atoms with Gasteiger partial charge >= 0.3 is 0 Å². The van der Waals surface area contributed by atoms with Gasteiger partial charge < -0.3 is 9.64 Å². The fourth-order valence-corrected chi connectivity index (χ4v) is 2.47. The van der Waals surface area contributed by atoms with Crippen LogP contribution in [0.5, 0.6) is 0 Å². The zero-order valence-electron chi connectivity index (χ0n) is 10.4. The van der Waals surface area contributed by atoms with Gasteiger partial charge in [0.25, 0.3) is 0 Å². The molecule has 5 nitrogen and oxygen atoms in total. The molecule has 2 heterocycles. The number of carbonyl (C=O) groups excluding carboxylic acids is 1. The maximum Gasteiger partial charge on any atom is 0.248 e. The highest BCUT2D eigenvalue weighted by molar-refractivity contribution is 5.77. The largest absolute Gasteiger partial charge is 0.368 e. The van der Waals surface area contributed by atoms with Crippen LogP contribution >= 0.6 is 0 Å². The predicted octanol–water partition coefficient (Wildman–Crippen LogP) is 0.354. The first kappa shape index (κ1) is 12.8. The van der Waals surface area contributed by atoms with Gasteiger partial charge in [-0.05, 0) is 32.1 Å². The zero-order valence-corrected chi connectivity index (χ0v) is 10.4. The molecular formula is C12H23N3O2. The molecule has 0 aromatic rings. The second kappa shape index (κ2) is 6.33. The van der Waals surface area contributed by atoms with Crippen molar-refractivity contribution >= 4 is 5.91 Å². The lowest BCUT2D eigenvalue weighted by Gasteiger charge is -2.30. The molecule has 0 atom stereocenters. The van der Waals surface area contributed by atoms with Crippen LogP contribution in [0, 0.1) is 0 Å². The van der Waals surface area contributed by atoms with Crippen LogP contribution < -0.4 is 5.84 Å². The molecule has 0 bridgehead atoms. The number of piperidine rings is 2. The van der Waals surface area contributed by atoms with E-state index in [1.807, 2.05) is 9.91 Å². The summed E-state index contributed by atoms with van der Waals surface area (Å²) in [6, 6.07) is 0. The van der Waals surface area contributed by atoms with E-state index in [1.54, 1.807) is 0 Å². The Morgan fingerprint density at radius 3 is 2.41 bits per heavy atom. The molecule has 0 radical (unpaired) electrons. The van der Waals surface area contributed by atoms with Gasteiger partial charge in [0.2, 0.25) is 5.91 Å². The van der Waals surface area contributed by atoms with Crippen molar-refractivity contribution in [1.82, 2.24) is 9.91 Å². The summed E-state index contributed by atoms with van der Waals surface area (Å²) in [4.78, 5) is 13.8. The number of likely N-dealkylation sites (tertiary alicyclic amines) is 1. The normalized spacial score (nSPS) is 23.9. The molecule has 2 fully saturated rings. The van der Waals surface area contributed by atoms with Crippen molar-refractivity contribution in [2.45, 2.75) is 38.2 Å². The van der Waals surface area contributed by atoms with Gasteiger partial charge in [-0.15, -0.1) is 0 Å². The van der Waals surface area contributed by atoms with E-state index in [9.17, 15) is 4.79 Å². The average molecular weight is 241 g/mol. The molecule has 0 aromatic carbocycles. The van der Waals surface area contributed by atoms with Crippen molar-refractivity contribution < 1.29 is 9.53 Å².